The summed E-state index contributed by atoms with van der Waals surface area (Å²) in [5.41, 5.74) is 1.92. The van der Waals surface area contributed by atoms with Gasteiger partial charge in [0.15, 0.2) is 0 Å². The first-order valence-electron chi connectivity index (χ1n) is 3.96. The fraction of sp³-hybridized carbons (Fsp3) is 0.100. The fourth-order valence-electron chi connectivity index (χ4n) is 1.19. The van der Waals surface area contributed by atoms with E-state index in [1.807, 2.05) is 30.3 Å². The maximum absolute atomic E-state index is 5.01. The molecule has 1 aromatic heterocycles. The van der Waals surface area contributed by atoms with Crippen molar-refractivity contribution in [1.29, 1.82) is 0 Å². The molecule has 0 N–H and O–H groups in total. The van der Waals surface area contributed by atoms with Crippen LogP contribution in [-0.4, -0.2) is 12.3 Å². The van der Waals surface area contributed by atoms with E-state index >= 15 is 0 Å². The summed E-state index contributed by atoms with van der Waals surface area (Å²) in [6, 6.07) is 9.84. The van der Waals surface area contributed by atoms with Crippen molar-refractivity contribution in [2.45, 2.75) is 0 Å². The summed E-state index contributed by atoms with van der Waals surface area (Å²) >= 11 is 0. The first-order chi connectivity index (χ1) is 6.42. The monoisotopic (exact) mass is 175 g/mol. The van der Waals surface area contributed by atoms with Crippen LogP contribution < -0.4 is 4.74 Å². The summed E-state index contributed by atoms with van der Waals surface area (Å²) in [7, 11) is 1.56. The van der Waals surface area contributed by atoms with Crippen LogP contribution in [0.5, 0.6) is 5.95 Å². The van der Waals surface area contributed by atoms with Gasteiger partial charge in [-0.05, 0) is 5.56 Å². The lowest BCUT2D eigenvalue weighted by Gasteiger charge is -1.97. The van der Waals surface area contributed by atoms with Crippen molar-refractivity contribution < 1.29 is 9.26 Å². The van der Waals surface area contributed by atoms with E-state index in [9.17, 15) is 0 Å². The highest BCUT2D eigenvalue weighted by molar-refractivity contribution is 5.66. The van der Waals surface area contributed by atoms with Gasteiger partial charge in [0.25, 0.3) is 0 Å². The van der Waals surface area contributed by atoms with Gasteiger partial charge in [-0.1, -0.05) is 35.5 Å². The third-order valence-electron chi connectivity index (χ3n) is 1.81. The van der Waals surface area contributed by atoms with E-state index in [4.69, 9.17) is 9.26 Å². The summed E-state index contributed by atoms with van der Waals surface area (Å²) in [6.45, 7) is 0. The van der Waals surface area contributed by atoms with Gasteiger partial charge < -0.3 is 9.26 Å². The molecule has 0 radical (unpaired) electrons. The SMILES string of the molecule is COc1oncc1-c1ccccc1. The zero-order valence-electron chi connectivity index (χ0n) is 7.23. The average Bonchev–Trinajstić information content (AvgIpc) is 2.67. The Bertz CT molecular complexity index is 381. The molecule has 0 spiro atoms. The van der Waals surface area contributed by atoms with Crippen LogP contribution in [0.2, 0.25) is 0 Å². The van der Waals surface area contributed by atoms with Gasteiger partial charge in [-0.3, -0.25) is 0 Å². The lowest BCUT2D eigenvalue weighted by molar-refractivity contribution is 0.262. The second-order valence-electron chi connectivity index (χ2n) is 2.60. The van der Waals surface area contributed by atoms with Gasteiger partial charge in [0.05, 0.1) is 18.9 Å². The Labute approximate surface area is 75.9 Å². The van der Waals surface area contributed by atoms with Crippen molar-refractivity contribution in [1.82, 2.24) is 5.16 Å². The van der Waals surface area contributed by atoms with Crippen LogP contribution in [0.25, 0.3) is 11.1 Å². The molecule has 0 amide bonds. The third-order valence-corrected chi connectivity index (χ3v) is 1.81. The second-order valence-corrected chi connectivity index (χ2v) is 2.60. The van der Waals surface area contributed by atoms with Crippen molar-refractivity contribution in [2.75, 3.05) is 7.11 Å². The Morgan fingerprint density at radius 2 is 2.00 bits per heavy atom. The van der Waals surface area contributed by atoms with Gasteiger partial charge in [0.1, 0.15) is 0 Å². The number of rotatable bonds is 2. The number of aromatic nitrogens is 1. The van der Waals surface area contributed by atoms with Crippen molar-refractivity contribution >= 4 is 0 Å². The van der Waals surface area contributed by atoms with Crippen LogP contribution in [0.3, 0.4) is 0 Å². The van der Waals surface area contributed by atoms with Crippen LogP contribution >= 0.6 is 0 Å². The number of hydrogen-bond donors (Lipinski definition) is 0. The summed E-state index contributed by atoms with van der Waals surface area (Å²) in [5, 5.41) is 3.67. The first kappa shape index (κ1) is 7.86. The van der Waals surface area contributed by atoms with E-state index in [0.29, 0.717) is 5.95 Å². The largest absolute Gasteiger partial charge is 0.467 e. The van der Waals surface area contributed by atoms with Gasteiger partial charge in [-0.15, -0.1) is 0 Å². The van der Waals surface area contributed by atoms with E-state index < -0.39 is 0 Å². The smallest absolute Gasteiger partial charge is 0.318 e. The summed E-state index contributed by atoms with van der Waals surface area (Å²) in [4.78, 5) is 0. The zero-order chi connectivity index (χ0) is 9.10. The predicted octanol–water partition coefficient (Wildman–Crippen LogP) is 2.35. The molecule has 0 atom stereocenters. The molecule has 2 aromatic rings. The molecule has 0 fully saturated rings. The van der Waals surface area contributed by atoms with E-state index in [2.05, 4.69) is 5.16 Å². The van der Waals surface area contributed by atoms with Gasteiger partial charge in [-0.25, -0.2) is 0 Å². The minimum absolute atomic E-state index is 0.450. The minimum Gasteiger partial charge on any atom is -0.467 e. The quantitative estimate of drug-likeness (QED) is 0.702. The Hall–Kier alpha value is -1.77. The van der Waals surface area contributed by atoms with E-state index in [0.717, 1.165) is 11.1 Å². The van der Waals surface area contributed by atoms with Gasteiger partial charge in [0, 0.05) is 0 Å². The molecule has 0 saturated carbocycles. The highest BCUT2D eigenvalue weighted by Gasteiger charge is 2.08. The Morgan fingerprint density at radius 3 is 2.69 bits per heavy atom. The molecule has 0 bridgehead atoms. The van der Waals surface area contributed by atoms with E-state index in [-0.39, 0.29) is 0 Å². The molecule has 13 heavy (non-hydrogen) atoms. The molecule has 3 heteroatoms. The molecular formula is C10H9NO2. The first-order valence-corrected chi connectivity index (χ1v) is 3.96. The molecule has 0 aliphatic rings. The Kier molecular flexibility index (Phi) is 2.00. The number of ether oxygens (including phenoxy) is 1. The molecule has 0 saturated heterocycles. The minimum atomic E-state index is 0.450. The zero-order valence-corrected chi connectivity index (χ0v) is 7.23. The van der Waals surface area contributed by atoms with Crippen molar-refractivity contribution in [2.24, 2.45) is 0 Å². The van der Waals surface area contributed by atoms with Crippen LogP contribution in [-0.2, 0) is 0 Å². The van der Waals surface area contributed by atoms with Crippen LogP contribution in [0.1, 0.15) is 0 Å². The maximum atomic E-state index is 5.01. The van der Waals surface area contributed by atoms with E-state index in [1.54, 1.807) is 13.3 Å². The highest BCUT2D eigenvalue weighted by Crippen LogP contribution is 2.28. The molecule has 1 heterocycles. The summed E-state index contributed by atoms with van der Waals surface area (Å²) < 4.78 is 9.91. The molecule has 1 aromatic carbocycles. The third kappa shape index (κ3) is 1.40. The molecule has 3 nitrogen and oxygen atoms in total. The van der Waals surface area contributed by atoms with Gasteiger partial charge in [-0.2, -0.15) is 0 Å². The van der Waals surface area contributed by atoms with Crippen molar-refractivity contribution in [3.05, 3.63) is 36.5 Å². The van der Waals surface area contributed by atoms with Gasteiger partial charge in [0.2, 0.25) is 0 Å². The molecule has 66 valence electrons. The highest BCUT2D eigenvalue weighted by atomic mass is 16.6. The summed E-state index contributed by atoms with van der Waals surface area (Å²) in [6.07, 6.45) is 1.65. The van der Waals surface area contributed by atoms with E-state index in [1.165, 1.54) is 0 Å². The molecule has 0 aliphatic heterocycles. The number of benzene rings is 1. The second kappa shape index (κ2) is 3.31. The topological polar surface area (TPSA) is 35.3 Å². The predicted molar refractivity (Wildman–Crippen MR) is 48.5 cm³/mol. The standard InChI is InChI=1S/C10H9NO2/c1-12-10-9(7-11-13-10)8-5-3-2-4-6-8/h2-7H,1H3. The summed E-state index contributed by atoms with van der Waals surface area (Å²) in [5.74, 6) is 0.450. The van der Waals surface area contributed by atoms with Crippen LogP contribution in [0.4, 0.5) is 0 Å². The van der Waals surface area contributed by atoms with Crippen LogP contribution in [0.15, 0.2) is 41.1 Å². The molecule has 0 unspecified atom stereocenters. The maximum Gasteiger partial charge on any atom is 0.318 e. The van der Waals surface area contributed by atoms with Crippen LogP contribution in [0, 0.1) is 0 Å². The lowest BCUT2D eigenvalue weighted by Crippen LogP contribution is -1.82. The van der Waals surface area contributed by atoms with Gasteiger partial charge >= 0.3 is 5.95 Å². The Morgan fingerprint density at radius 1 is 1.23 bits per heavy atom. The molecule has 2 rings (SSSR count). The normalized spacial score (nSPS) is 9.92. The average molecular weight is 175 g/mol. The van der Waals surface area contributed by atoms with Crippen molar-refractivity contribution in [3.63, 3.8) is 0 Å². The van der Waals surface area contributed by atoms with Crippen molar-refractivity contribution in [3.8, 4) is 17.1 Å². The molecule has 0 aliphatic carbocycles. The lowest BCUT2D eigenvalue weighted by atomic mass is 10.1. The number of nitrogens with zero attached hydrogens (tertiary/aromatic N) is 1. The fourth-order valence-corrected chi connectivity index (χ4v) is 1.19. The number of hydrogen-bond acceptors (Lipinski definition) is 3. The number of methoxy groups -OCH3 is 1. The Balaban J connectivity index is 2.47. The molecular weight excluding hydrogens is 166 g/mol.